The van der Waals surface area contributed by atoms with Gasteiger partial charge in [0.05, 0.1) is 0 Å². The van der Waals surface area contributed by atoms with Gasteiger partial charge in [0.15, 0.2) is 0 Å². The molecule has 2 rings (SSSR count). The minimum absolute atomic E-state index is 0.419. The molecule has 0 fully saturated rings. The van der Waals surface area contributed by atoms with Gasteiger partial charge in [0, 0.05) is 11.1 Å². The second-order valence-electron chi connectivity index (χ2n) is 5.24. The van der Waals surface area contributed by atoms with Crippen molar-refractivity contribution < 1.29 is 0 Å². The standard InChI is InChI=1S/C18H22ClN/c1-3-20-17(12-15-10-8-14(2)9-11-15)13-16-6-4-5-7-18(16)19/h4-11,17,20H,3,12-13H2,1-2H3. The van der Waals surface area contributed by atoms with Gasteiger partial charge < -0.3 is 5.32 Å². The van der Waals surface area contributed by atoms with Gasteiger partial charge in [-0.15, -0.1) is 0 Å². The fourth-order valence-electron chi connectivity index (χ4n) is 2.44. The number of benzene rings is 2. The lowest BCUT2D eigenvalue weighted by atomic mass is 9.98. The molecule has 0 bridgehead atoms. The molecule has 0 saturated carbocycles. The molecule has 2 aromatic rings. The number of rotatable bonds is 6. The van der Waals surface area contributed by atoms with E-state index < -0.39 is 0 Å². The van der Waals surface area contributed by atoms with Crippen molar-refractivity contribution in [2.45, 2.75) is 32.7 Å². The van der Waals surface area contributed by atoms with Crippen LogP contribution in [0.5, 0.6) is 0 Å². The largest absolute Gasteiger partial charge is 0.314 e. The Balaban J connectivity index is 2.07. The zero-order chi connectivity index (χ0) is 14.4. The second-order valence-corrected chi connectivity index (χ2v) is 5.65. The van der Waals surface area contributed by atoms with Crippen molar-refractivity contribution in [1.29, 1.82) is 0 Å². The van der Waals surface area contributed by atoms with Gasteiger partial charge in [0.1, 0.15) is 0 Å². The lowest BCUT2D eigenvalue weighted by molar-refractivity contribution is 0.521. The molecule has 2 aromatic carbocycles. The molecule has 0 aromatic heterocycles. The Hall–Kier alpha value is -1.31. The van der Waals surface area contributed by atoms with Crippen LogP contribution in [0.2, 0.25) is 5.02 Å². The van der Waals surface area contributed by atoms with Crippen LogP contribution in [0.4, 0.5) is 0 Å². The molecule has 1 unspecified atom stereocenters. The summed E-state index contributed by atoms with van der Waals surface area (Å²) in [6.07, 6.45) is 1.99. The lowest BCUT2D eigenvalue weighted by Gasteiger charge is -2.19. The highest BCUT2D eigenvalue weighted by molar-refractivity contribution is 6.31. The lowest BCUT2D eigenvalue weighted by Crippen LogP contribution is -2.33. The van der Waals surface area contributed by atoms with Crippen LogP contribution in [-0.4, -0.2) is 12.6 Å². The number of likely N-dealkylation sites (N-methyl/N-ethyl adjacent to an activating group) is 1. The van der Waals surface area contributed by atoms with E-state index in [4.69, 9.17) is 11.6 Å². The molecule has 0 aliphatic heterocycles. The summed E-state index contributed by atoms with van der Waals surface area (Å²) < 4.78 is 0. The van der Waals surface area contributed by atoms with Crippen molar-refractivity contribution in [3.63, 3.8) is 0 Å². The van der Waals surface area contributed by atoms with Crippen LogP contribution in [0.15, 0.2) is 48.5 Å². The molecule has 0 amide bonds. The van der Waals surface area contributed by atoms with E-state index in [1.54, 1.807) is 0 Å². The van der Waals surface area contributed by atoms with Crippen molar-refractivity contribution in [2.75, 3.05) is 6.54 Å². The fourth-order valence-corrected chi connectivity index (χ4v) is 2.66. The third-order valence-electron chi connectivity index (χ3n) is 3.52. The molecule has 106 valence electrons. The van der Waals surface area contributed by atoms with Crippen molar-refractivity contribution in [1.82, 2.24) is 5.32 Å². The molecule has 2 heteroatoms. The van der Waals surface area contributed by atoms with Crippen LogP contribution >= 0.6 is 11.6 Å². The quantitative estimate of drug-likeness (QED) is 0.830. The molecule has 0 aliphatic rings. The van der Waals surface area contributed by atoms with E-state index in [0.29, 0.717) is 6.04 Å². The molecule has 1 N–H and O–H groups in total. The summed E-state index contributed by atoms with van der Waals surface area (Å²) in [5.41, 5.74) is 3.89. The normalized spacial score (nSPS) is 12.3. The second kappa shape index (κ2) is 7.47. The van der Waals surface area contributed by atoms with Crippen LogP contribution in [0.1, 0.15) is 23.6 Å². The van der Waals surface area contributed by atoms with Gasteiger partial charge in [-0.3, -0.25) is 0 Å². The Labute approximate surface area is 127 Å². The number of halogens is 1. The Morgan fingerprint density at radius 1 is 1.00 bits per heavy atom. The van der Waals surface area contributed by atoms with E-state index in [-0.39, 0.29) is 0 Å². The molecule has 0 radical (unpaired) electrons. The highest BCUT2D eigenvalue weighted by atomic mass is 35.5. The van der Waals surface area contributed by atoms with E-state index in [1.807, 2.05) is 12.1 Å². The zero-order valence-electron chi connectivity index (χ0n) is 12.2. The SMILES string of the molecule is CCNC(Cc1ccc(C)cc1)Cc1ccccc1Cl. The van der Waals surface area contributed by atoms with E-state index in [1.165, 1.54) is 16.7 Å². The summed E-state index contributed by atoms with van der Waals surface area (Å²) in [4.78, 5) is 0. The number of hydrogen-bond donors (Lipinski definition) is 1. The highest BCUT2D eigenvalue weighted by Crippen LogP contribution is 2.18. The van der Waals surface area contributed by atoms with Gasteiger partial charge in [-0.25, -0.2) is 0 Å². The van der Waals surface area contributed by atoms with Gasteiger partial charge in [0.25, 0.3) is 0 Å². The van der Waals surface area contributed by atoms with Crippen LogP contribution in [0.25, 0.3) is 0 Å². The van der Waals surface area contributed by atoms with E-state index in [0.717, 1.165) is 24.4 Å². The molecule has 0 heterocycles. The highest BCUT2D eigenvalue weighted by Gasteiger charge is 2.11. The van der Waals surface area contributed by atoms with Crippen LogP contribution in [-0.2, 0) is 12.8 Å². The summed E-state index contributed by atoms with van der Waals surface area (Å²) in [6.45, 7) is 5.24. The minimum Gasteiger partial charge on any atom is -0.314 e. The van der Waals surface area contributed by atoms with Gasteiger partial charge in [-0.1, -0.05) is 66.6 Å². The topological polar surface area (TPSA) is 12.0 Å². The number of nitrogens with one attached hydrogen (secondary N) is 1. The first kappa shape index (κ1) is 15.1. The molecule has 1 nitrogen and oxygen atoms in total. The first-order valence-electron chi connectivity index (χ1n) is 7.21. The summed E-state index contributed by atoms with van der Waals surface area (Å²) >= 11 is 6.26. The predicted molar refractivity (Wildman–Crippen MR) is 87.5 cm³/mol. The summed E-state index contributed by atoms with van der Waals surface area (Å²) in [5, 5.41) is 4.42. The first-order chi connectivity index (χ1) is 9.69. The average Bonchev–Trinajstić information content (AvgIpc) is 2.44. The maximum atomic E-state index is 6.26. The molecular weight excluding hydrogens is 266 g/mol. The molecule has 20 heavy (non-hydrogen) atoms. The zero-order valence-corrected chi connectivity index (χ0v) is 13.0. The number of hydrogen-bond acceptors (Lipinski definition) is 1. The summed E-state index contributed by atoms with van der Waals surface area (Å²) in [6, 6.07) is 17.3. The summed E-state index contributed by atoms with van der Waals surface area (Å²) in [7, 11) is 0. The van der Waals surface area contributed by atoms with Gasteiger partial charge >= 0.3 is 0 Å². The molecule has 0 spiro atoms. The monoisotopic (exact) mass is 287 g/mol. The van der Waals surface area contributed by atoms with E-state index >= 15 is 0 Å². The maximum absolute atomic E-state index is 6.26. The fraction of sp³-hybridized carbons (Fsp3) is 0.333. The Kier molecular flexibility index (Phi) is 5.63. The van der Waals surface area contributed by atoms with Crippen molar-refractivity contribution in [3.05, 3.63) is 70.2 Å². The third kappa shape index (κ3) is 4.36. The third-order valence-corrected chi connectivity index (χ3v) is 3.89. The molecule has 0 saturated heterocycles. The predicted octanol–water partition coefficient (Wildman–Crippen LogP) is 4.41. The van der Waals surface area contributed by atoms with Gasteiger partial charge in [0.2, 0.25) is 0 Å². The Bertz CT molecular complexity index is 533. The van der Waals surface area contributed by atoms with Gasteiger partial charge in [-0.05, 0) is 43.5 Å². The Morgan fingerprint density at radius 2 is 1.70 bits per heavy atom. The number of aryl methyl sites for hydroxylation is 1. The maximum Gasteiger partial charge on any atom is 0.0438 e. The molecule has 0 aliphatic carbocycles. The minimum atomic E-state index is 0.419. The van der Waals surface area contributed by atoms with Crippen LogP contribution < -0.4 is 5.32 Å². The smallest absolute Gasteiger partial charge is 0.0438 e. The molecule has 1 atom stereocenters. The van der Waals surface area contributed by atoms with Crippen LogP contribution in [0.3, 0.4) is 0 Å². The van der Waals surface area contributed by atoms with Crippen LogP contribution in [0, 0.1) is 6.92 Å². The Morgan fingerprint density at radius 3 is 2.35 bits per heavy atom. The van der Waals surface area contributed by atoms with Crippen molar-refractivity contribution in [3.8, 4) is 0 Å². The average molecular weight is 288 g/mol. The first-order valence-corrected chi connectivity index (χ1v) is 7.59. The van der Waals surface area contributed by atoms with E-state index in [9.17, 15) is 0 Å². The molecular formula is C18H22ClN. The summed E-state index contributed by atoms with van der Waals surface area (Å²) in [5.74, 6) is 0. The van der Waals surface area contributed by atoms with Crippen molar-refractivity contribution >= 4 is 11.6 Å². The van der Waals surface area contributed by atoms with Crippen molar-refractivity contribution in [2.24, 2.45) is 0 Å². The van der Waals surface area contributed by atoms with Gasteiger partial charge in [-0.2, -0.15) is 0 Å². The van der Waals surface area contributed by atoms with E-state index in [2.05, 4.69) is 55.6 Å².